The van der Waals surface area contributed by atoms with E-state index in [0.29, 0.717) is 0 Å². The average Bonchev–Trinajstić information content (AvgIpc) is 2.28. The maximum Gasteiger partial charge on any atom is 0.329 e. The van der Waals surface area contributed by atoms with Crippen LogP contribution in [0.4, 0.5) is 0 Å². The molecule has 0 aromatic heterocycles. The molecule has 1 atom stereocenters. The molecule has 0 heterocycles. The summed E-state index contributed by atoms with van der Waals surface area (Å²) in [4.78, 5) is 22.7. The maximum absolute atomic E-state index is 11.8. The number of nitrogens with one attached hydrogen (secondary N) is 1. The number of carbonyl (C=O) groups is 2. The van der Waals surface area contributed by atoms with E-state index < -0.39 is 6.04 Å². The molecule has 1 amide bonds. The molecule has 0 aromatic rings. The molecule has 1 fully saturated rings. The second-order valence-corrected chi connectivity index (χ2v) is 5.12. The van der Waals surface area contributed by atoms with E-state index >= 15 is 0 Å². The molecule has 0 radical (unpaired) electrons. The smallest absolute Gasteiger partial charge is 0.329 e. The van der Waals surface area contributed by atoms with Crippen molar-refractivity contribution in [1.82, 2.24) is 5.32 Å². The highest BCUT2D eigenvalue weighted by atomic mass is 32.1. The summed E-state index contributed by atoms with van der Waals surface area (Å²) >= 11 is 4.05. The van der Waals surface area contributed by atoms with Gasteiger partial charge in [0.15, 0.2) is 0 Å². The molecule has 0 aliphatic heterocycles. The summed E-state index contributed by atoms with van der Waals surface area (Å²) in [6, 6.07) is -0.629. The van der Waals surface area contributed by atoms with Crippen LogP contribution in [0, 0.1) is 5.92 Å². The van der Waals surface area contributed by atoms with Crippen LogP contribution in [-0.4, -0.2) is 29.8 Å². The Morgan fingerprint density at radius 1 is 1.35 bits per heavy atom. The third-order valence-electron chi connectivity index (χ3n) is 3.09. The lowest BCUT2D eigenvalue weighted by atomic mass is 9.89. The van der Waals surface area contributed by atoms with Crippen LogP contribution in [-0.2, 0) is 14.3 Å². The summed E-state index contributed by atoms with van der Waals surface area (Å²) < 4.78 is 5.39. The topological polar surface area (TPSA) is 55.4 Å². The summed E-state index contributed by atoms with van der Waals surface area (Å²) in [5, 5.41) is 2.54. The molecule has 98 valence electrons. The van der Waals surface area contributed by atoms with Gasteiger partial charge in [0.1, 0.15) is 12.1 Å². The molecule has 4 nitrogen and oxygen atoms in total. The van der Waals surface area contributed by atoms with Crippen LogP contribution in [0.5, 0.6) is 0 Å². The van der Waals surface area contributed by atoms with Crippen LogP contribution in [0.1, 0.15) is 39.5 Å². The zero-order valence-electron chi connectivity index (χ0n) is 10.4. The lowest BCUT2D eigenvalue weighted by Gasteiger charge is -2.27. The summed E-state index contributed by atoms with van der Waals surface area (Å²) in [7, 11) is 0. The van der Waals surface area contributed by atoms with E-state index in [0.717, 1.165) is 31.6 Å². The predicted octanol–water partition coefficient (Wildman–Crippen LogP) is 1.54. The van der Waals surface area contributed by atoms with Gasteiger partial charge in [-0.25, -0.2) is 4.79 Å². The van der Waals surface area contributed by atoms with Gasteiger partial charge in [-0.1, -0.05) is 6.92 Å². The number of hydrogen-bond acceptors (Lipinski definition) is 4. The van der Waals surface area contributed by atoms with Crippen molar-refractivity contribution in [3.63, 3.8) is 0 Å². The molecule has 1 aliphatic carbocycles. The zero-order valence-corrected chi connectivity index (χ0v) is 11.3. The molecule has 0 aromatic carbocycles. The molecule has 1 aliphatic rings. The van der Waals surface area contributed by atoms with Gasteiger partial charge in [0.2, 0.25) is 5.91 Å². The minimum Gasteiger partial charge on any atom is -0.461 e. The van der Waals surface area contributed by atoms with Crippen molar-refractivity contribution >= 4 is 24.5 Å². The standard InChI is InChI=1S/C12H21NO3S/c1-8-3-5-10(6-4-8)16-12(15)11(7-17)13-9(2)14/h8,10-11,17H,3-7H2,1-2H3,(H,13,14). The third kappa shape index (κ3) is 4.98. The van der Waals surface area contributed by atoms with Crippen molar-refractivity contribution in [1.29, 1.82) is 0 Å². The SMILES string of the molecule is CC(=O)NC(CS)C(=O)OC1CCC(C)CC1. The number of ether oxygens (including phenoxy) is 1. The lowest BCUT2D eigenvalue weighted by molar-refractivity contribution is -0.154. The summed E-state index contributed by atoms with van der Waals surface area (Å²) in [5.74, 6) is 0.385. The first-order valence-electron chi connectivity index (χ1n) is 6.11. The number of esters is 1. The van der Waals surface area contributed by atoms with Gasteiger partial charge >= 0.3 is 5.97 Å². The highest BCUT2D eigenvalue weighted by molar-refractivity contribution is 7.80. The van der Waals surface area contributed by atoms with E-state index in [4.69, 9.17) is 4.74 Å². The molecular weight excluding hydrogens is 238 g/mol. The van der Waals surface area contributed by atoms with Gasteiger partial charge in [-0.3, -0.25) is 4.79 Å². The normalized spacial score (nSPS) is 26.1. The Bertz CT molecular complexity index is 275. The van der Waals surface area contributed by atoms with Crippen molar-refractivity contribution in [2.24, 2.45) is 5.92 Å². The second kappa shape index (κ2) is 6.89. The number of rotatable bonds is 4. The van der Waals surface area contributed by atoms with Crippen LogP contribution >= 0.6 is 12.6 Å². The summed E-state index contributed by atoms with van der Waals surface area (Å²) in [6.45, 7) is 3.60. The molecule has 0 bridgehead atoms. The Balaban J connectivity index is 2.38. The Hall–Kier alpha value is -0.710. The molecule has 5 heteroatoms. The maximum atomic E-state index is 11.8. The molecule has 17 heavy (non-hydrogen) atoms. The van der Waals surface area contributed by atoms with E-state index in [2.05, 4.69) is 24.9 Å². The van der Waals surface area contributed by atoms with E-state index in [9.17, 15) is 9.59 Å². The highest BCUT2D eigenvalue weighted by Gasteiger charge is 2.25. The van der Waals surface area contributed by atoms with E-state index in [-0.39, 0.29) is 23.7 Å². The van der Waals surface area contributed by atoms with Gasteiger partial charge in [0.05, 0.1) is 0 Å². The Morgan fingerprint density at radius 3 is 2.41 bits per heavy atom. The Kier molecular flexibility index (Phi) is 5.82. The second-order valence-electron chi connectivity index (χ2n) is 4.75. The van der Waals surface area contributed by atoms with Crippen molar-refractivity contribution in [3.05, 3.63) is 0 Å². The molecule has 0 spiro atoms. The summed E-state index contributed by atoms with van der Waals surface area (Å²) in [6.07, 6.45) is 4.06. The Morgan fingerprint density at radius 2 is 1.94 bits per heavy atom. The number of hydrogen-bond donors (Lipinski definition) is 2. The molecule has 1 unspecified atom stereocenters. The predicted molar refractivity (Wildman–Crippen MR) is 69.0 cm³/mol. The molecule has 1 rings (SSSR count). The largest absolute Gasteiger partial charge is 0.461 e. The van der Waals surface area contributed by atoms with Crippen LogP contribution in [0.25, 0.3) is 0 Å². The van der Waals surface area contributed by atoms with Crippen molar-refractivity contribution in [2.45, 2.75) is 51.7 Å². The molecule has 0 saturated heterocycles. The van der Waals surface area contributed by atoms with E-state index in [1.807, 2.05) is 0 Å². The number of carbonyl (C=O) groups excluding carboxylic acids is 2. The van der Waals surface area contributed by atoms with Crippen molar-refractivity contribution < 1.29 is 14.3 Å². The number of amides is 1. The van der Waals surface area contributed by atoms with Gasteiger partial charge < -0.3 is 10.1 Å². The molecule has 1 saturated carbocycles. The van der Waals surface area contributed by atoms with Crippen molar-refractivity contribution in [3.8, 4) is 0 Å². The fourth-order valence-corrected chi connectivity index (χ4v) is 2.26. The van der Waals surface area contributed by atoms with Gasteiger partial charge in [0, 0.05) is 12.7 Å². The zero-order chi connectivity index (χ0) is 12.8. The first-order chi connectivity index (χ1) is 8.02. The lowest BCUT2D eigenvalue weighted by Crippen LogP contribution is -2.43. The average molecular weight is 259 g/mol. The Labute approximate surface area is 108 Å². The first kappa shape index (κ1) is 14.4. The van der Waals surface area contributed by atoms with Gasteiger partial charge in [-0.05, 0) is 31.6 Å². The monoisotopic (exact) mass is 259 g/mol. The van der Waals surface area contributed by atoms with Crippen molar-refractivity contribution in [2.75, 3.05) is 5.75 Å². The quantitative estimate of drug-likeness (QED) is 0.595. The first-order valence-corrected chi connectivity index (χ1v) is 6.74. The fraction of sp³-hybridized carbons (Fsp3) is 0.833. The van der Waals surface area contributed by atoms with Crippen LogP contribution in [0.2, 0.25) is 0 Å². The third-order valence-corrected chi connectivity index (χ3v) is 3.46. The van der Waals surface area contributed by atoms with E-state index in [1.54, 1.807) is 0 Å². The van der Waals surface area contributed by atoms with Crippen LogP contribution in [0.15, 0.2) is 0 Å². The number of thiol groups is 1. The minimum atomic E-state index is -0.629. The van der Waals surface area contributed by atoms with Gasteiger partial charge in [-0.2, -0.15) is 12.6 Å². The molecule has 1 N–H and O–H groups in total. The highest BCUT2D eigenvalue weighted by Crippen LogP contribution is 2.25. The fourth-order valence-electron chi connectivity index (χ4n) is 2.02. The van der Waals surface area contributed by atoms with Gasteiger partial charge in [0.25, 0.3) is 0 Å². The van der Waals surface area contributed by atoms with Crippen LogP contribution in [0.3, 0.4) is 0 Å². The summed E-state index contributed by atoms with van der Waals surface area (Å²) in [5.41, 5.74) is 0. The minimum absolute atomic E-state index is 0.00911. The van der Waals surface area contributed by atoms with Gasteiger partial charge in [-0.15, -0.1) is 0 Å². The molecular formula is C12H21NO3S. The van der Waals surface area contributed by atoms with E-state index in [1.165, 1.54) is 6.92 Å². The van der Waals surface area contributed by atoms with Crippen LogP contribution < -0.4 is 5.32 Å².